The maximum absolute atomic E-state index is 10.3. The summed E-state index contributed by atoms with van der Waals surface area (Å²) in [6, 6.07) is 4.36. The van der Waals surface area contributed by atoms with Gasteiger partial charge in [-0.2, -0.15) is 5.26 Å². The molecule has 1 atom stereocenters. The van der Waals surface area contributed by atoms with Crippen molar-refractivity contribution in [3.8, 4) is 11.8 Å². The van der Waals surface area contributed by atoms with Crippen LogP contribution in [0, 0.1) is 18.3 Å². The second-order valence-corrected chi connectivity index (χ2v) is 6.18. The lowest BCUT2D eigenvalue weighted by Crippen LogP contribution is -2.46. The van der Waals surface area contributed by atoms with E-state index in [1.165, 1.54) is 6.42 Å². The number of aromatic nitrogens is 1. The van der Waals surface area contributed by atoms with Crippen LogP contribution in [0.5, 0.6) is 5.75 Å². The van der Waals surface area contributed by atoms with E-state index in [4.69, 9.17) is 30.4 Å². The molecule has 0 spiro atoms. The van der Waals surface area contributed by atoms with Crippen molar-refractivity contribution < 1.29 is 39.5 Å². The summed E-state index contributed by atoms with van der Waals surface area (Å²) in [5.41, 5.74) is -1.42. The minimum atomic E-state index is -2.74. The number of aliphatic carboxylic acids is 3. The molecule has 0 aromatic carbocycles. The second kappa shape index (κ2) is 10.2. The first-order valence-corrected chi connectivity index (χ1v) is 8.19. The highest BCUT2D eigenvalue weighted by atomic mass is 16.5. The number of nitriles is 1. The molecule has 0 bridgehead atoms. The number of nitrogens with one attached hydrogen (secondary N) is 1. The summed E-state index contributed by atoms with van der Waals surface area (Å²) in [6.45, 7) is 3.62. The summed E-state index contributed by atoms with van der Waals surface area (Å²) in [7, 11) is 0. The van der Waals surface area contributed by atoms with Gasteiger partial charge in [0, 0.05) is 6.04 Å². The lowest BCUT2D eigenvalue weighted by molar-refractivity contribution is -0.170. The molecule has 0 saturated carbocycles. The van der Waals surface area contributed by atoms with E-state index in [-0.39, 0.29) is 0 Å². The summed E-state index contributed by atoms with van der Waals surface area (Å²) < 4.78 is 5.56. The van der Waals surface area contributed by atoms with Gasteiger partial charge in [-0.15, -0.1) is 0 Å². The number of aryl methyl sites for hydroxylation is 1. The van der Waals surface area contributed by atoms with E-state index in [1.54, 1.807) is 6.20 Å². The Balaban J connectivity index is 0.000000284. The predicted octanol–water partition coefficient (Wildman–Crippen LogP) is -0.246. The van der Waals surface area contributed by atoms with Gasteiger partial charge in [0.15, 0.2) is 5.60 Å². The highest BCUT2D eigenvalue weighted by Gasteiger charge is 2.40. The van der Waals surface area contributed by atoms with Gasteiger partial charge in [-0.3, -0.25) is 9.59 Å². The Bertz CT molecular complexity index is 754. The number of hydrogen-bond acceptors (Lipinski definition) is 8. The number of carboxylic acid groups (broad SMARTS) is 3. The number of hydrogen-bond donors (Lipinski definition) is 5. The fraction of sp³-hybridized carbons (Fsp3) is 0.471. The van der Waals surface area contributed by atoms with Crippen molar-refractivity contribution in [3.05, 3.63) is 23.5 Å². The van der Waals surface area contributed by atoms with Crippen LogP contribution in [-0.4, -0.2) is 68.1 Å². The van der Waals surface area contributed by atoms with Crippen molar-refractivity contribution in [2.24, 2.45) is 0 Å². The van der Waals surface area contributed by atoms with E-state index in [0.29, 0.717) is 18.3 Å². The first kappa shape index (κ1) is 22.8. The van der Waals surface area contributed by atoms with Crippen LogP contribution in [0.4, 0.5) is 0 Å². The Labute approximate surface area is 160 Å². The number of pyridine rings is 1. The summed E-state index contributed by atoms with van der Waals surface area (Å²) in [5.74, 6) is -4.28. The minimum absolute atomic E-state index is 0.462. The van der Waals surface area contributed by atoms with E-state index in [1.807, 2.05) is 19.1 Å². The first-order valence-electron chi connectivity index (χ1n) is 8.19. The van der Waals surface area contributed by atoms with Crippen molar-refractivity contribution in [2.75, 3.05) is 13.2 Å². The Kier molecular flexibility index (Phi) is 8.30. The molecule has 28 heavy (non-hydrogen) atoms. The van der Waals surface area contributed by atoms with Gasteiger partial charge < -0.3 is 30.5 Å². The van der Waals surface area contributed by atoms with Crippen LogP contribution in [0.2, 0.25) is 0 Å². The molecule has 2 rings (SSSR count). The zero-order valence-electron chi connectivity index (χ0n) is 15.1. The monoisotopic (exact) mass is 395 g/mol. The number of aliphatic hydroxyl groups is 1. The third-order valence-electron chi connectivity index (χ3n) is 3.82. The summed E-state index contributed by atoms with van der Waals surface area (Å²) >= 11 is 0. The quantitative estimate of drug-likeness (QED) is 0.390. The van der Waals surface area contributed by atoms with E-state index < -0.39 is 36.4 Å². The zero-order chi connectivity index (χ0) is 21.3. The maximum Gasteiger partial charge on any atom is 0.336 e. The second-order valence-electron chi connectivity index (χ2n) is 6.18. The van der Waals surface area contributed by atoms with Gasteiger partial charge in [0.1, 0.15) is 24.1 Å². The Morgan fingerprint density at radius 1 is 1.32 bits per heavy atom. The third kappa shape index (κ3) is 7.18. The Morgan fingerprint density at radius 3 is 2.25 bits per heavy atom. The number of ether oxygens (including phenoxy) is 1. The van der Waals surface area contributed by atoms with Crippen LogP contribution < -0.4 is 10.1 Å². The van der Waals surface area contributed by atoms with E-state index in [2.05, 4.69) is 10.3 Å². The molecule has 11 heteroatoms. The molecule has 1 aromatic heterocycles. The average Bonchev–Trinajstić information content (AvgIpc) is 2.52. The molecule has 0 unspecified atom stereocenters. The normalized spacial score (nSPS) is 15.2. The zero-order valence-corrected chi connectivity index (χ0v) is 15.1. The van der Waals surface area contributed by atoms with E-state index in [9.17, 15) is 14.4 Å². The molecule has 11 nitrogen and oxygen atoms in total. The molecule has 152 valence electrons. The van der Waals surface area contributed by atoms with Gasteiger partial charge >= 0.3 is 17.9 Å². The average molecular weight is 395 g/mol. The maximum atomic E-state index is 10.3. The Morgan fingerprint density at radius 2 is 1.89 bits per heavy atom. The predicted molar refractivity (Wildman–Crippen MR) is 92.7 cm³/mol. The number of rotatable bonds is 8. The fourth-order valence-electron chi connectivity index (χ4n) is 2.15. The first-order chi connectivity index (χ1) is 13.1. The molecular weight excluding hydrogens is 374 g/mol. The minimum Gasteiger partial charge on any atom is -0.490 e. The fourth-order valence-corrected chi connectivity index (χ4v) is 2.15. The van der Waals surface area contributed by atoms with Crippen molar-refractivity contribution >= 4 is 17.9 Å². The van der Waals surface area contributed by atoms with Crippen molar-refractivity contribution in [1.82, 2.24) is 10.3 Å². The molecule has 5 N–H and O–H groups in total. The van der Waals surface area contributed by atoms with Gasteiger partial charge in [-0.05, 0) is 31.5 Å². The topological polar surface area (TPSA) is 190 Å². The number of carbonyl (C=O) groups is 3. The highest BCUT2D eigenvalue weighted by molar-refractivity contribution is 5.88. The van der Waals surface area contributed by atoms with Crippen LogP contribution in [0.25, 0.3) is 0 Å². The lowest BCUT2D eigenvalue weighted by atomic mass is 9.96. The summed E-state index contributed by atoms with van der Waals surface area (Å²) in [4.78, 5) is 34.5. The van der Waals surface area contributed by atoms with Crippen molar-refractivity contribution in [1.29, 1.82) is 5.26 Å². The molecule has 2 heterocycles. The van der Waals surface area contributed by atoms with Crippen molar-refractivity contribution in [3.63, 3.8) is 0 Å². The van der Waals surface area contributed by atoms with Gasteiger partial charge in [-0.1, -0.05) is 0 Å². The number of nitrogens with zero attached hydrogens (tertiary/aromatic N) is 2. The van der Waals surface area contributed by atoms with Gasteiger partial charge in [-0.25, -0.2) is 9.78 Å². The molecule has 1 aliphatic rings. The Hall–Kier alpha value is -3.23. The van der Waals surface area contributed by atoms with Crippen LogP contribution in [0.3, 0.4) is 0 Å². The molecule has 1 aliphatic heterocycles. The molecule has 0 amide bonds. The van der Waals surface area contributed by atoms with Gasteiger partial charge in [0.05, 0.1) is 19.0 Å². The molecule has 1 aromatic rings. The van der Waals surface area contributed by atoms with Gasteiger partial charge in [0.25, 0.3) is 0 Å². The molecule has 1 saturated heterocycles. The van der Waals surface area contributed by atoms with Crippen LogP contribution in [0.1, 0.15) is 30.5 Å². The largest absolute Gasteiger partial charge is 0.490 e. The molecular formula is C17H21N3O8. The van der Waals surface area contributed by atoms with Crippen LogP contribution in [0.15, 0.2) is 12.3 Å². The van der Waals surface area contributed by atoms with E-state index in [0.717, 1.165) is 17.9 Å². The highest BCUT2D eigenvalue weighted by Crippen LogP contribution is 2.16. The van der Waals surface area contributed by atoms with Crippen LogP contribution >= 0.6 is 0 Å². The van der Waals surface area contributed by atoms with Crippen molar-refractivity contribution in [2.45, 2.75) is 37.8 Å². The van der Waals surface area contributed by atoms with E-state index >= 15 is 0 Å². The lowest BCUT2D eigenvalue weighted by Gasteiger charge is -2.27. The molecule has 1 fully saturated rings. The van der Waals surface area contributed by atoms with Gasteiger partial charge in [0.2, 0.25) is 0 Å². The molecule has 0 aliphatic carbocycles. The standard InChI is InChI=1S/C11H13N3O.C6H8O7/c1-8-4-10(6-14-11(8)5-12)15-7-9-2-3-13-9;7-3(8)1-6(13,5(11)12)2-4(9)10/h4,6,9,13H,2-3,7H2,1H3;13H,1-2H2,(H,7,8)(H,9,10)(H,11,12)/t9-;/m0./s1. The SMILES string of the molecule is Cc1cc(OC[C@@H]2CCN2)cnc1C#N.O=C(O)CC(O)(CC(=O)O)C(=O)O. The number of carboxylic acids is 3. The summed E-state index contributed by atoms with van der Waals surface area (Å²) in [6.07, 6.45) is 0.482. The summed E-state index contributed by atoms with van der Waals surface area (Å²) in [5, 5.41) is 45.8. The smallest absolute Gasteiger partial charge is 0.336 e. The third-order valence-corrected chi connectivity index (χ3v) is 3.82. The van der Waals surface area contributed by atoms with Crippen LogP contribution in [-0.2, 0) is 14.4 Å². The molecule has 0 radical (unpaired) electrons.